The molecule has 0 bridgehead atoms. The maximum atomic E-state index is 11.7. The largest absolute Gasteiger partial charge is 0.302 e. The Morgan fingerprint density at radius 3 is 2.94 bits per heavy atom. The summed E-state index contributed by atoms with van der Waals surface area (Å²) < 4.78 is 0. The summed E-state index contributed by atoms with van der Waals surface area (Å²) in [5, 5.41) is 3.55. The highest BCUT2D eigenvalue weighted by Crippen LogP contribution is 2.34. The Morgan fingerprint density at radius 1 is 1.44 bits per heavy atom. The zero-order valence-electron chi connectivity index (χ0n) is 10.0. The molecule has 0 atom stereocenters. The van der Waals surface area contributed by atoms with Crippen LogP contribution in [0, 0.1) is 12.8 Å². The van der Waals surface area contributed by atoms with E-state index in [1.54, 1.807) is 6.20 Å². The van der Waals surface area contributed by atoms with Crippen LogP contribution in [-0.4, -0.2) is 15.9 Å². The Labute approximate surface area is 109 Å². The van der Waals surface area contributed by atoms with Gasteiger partial charge in [-0.05, 0) is 31.9 Å². The fourth-order valence-corrected chi connectivity index (χ4v) is 2.68. The predicted molar refractivity (Wildman–Crippen MR) is 71.4 cm³/mol. The van der Waals surface area contributed by atoms with Gasteiger partial charge in [0.15, 0.2) is 5.13 Å². The molecule has 1 saturated carbocycles. The molecule has 1 N–H and O–H groups in total. The van der Waals surface area contributed by atoms with Crippen LogP contribution in [0.2, 0.25) is 0 Å². The van der Waals surface area contributed by atoms with Crippen LogP contribution in [0.4, 0.5) is 5.13 Å². The normalized spacial score (nSPS) is 14.5. The third kappa shape index (κ3) is 2.26. The van der Waals surface area contributed by atoms with Crippen molar-refractivity contribution in [3.8, 4) is 10.6 Å². The van der Waals surface area contributed by atoms with Crippen molar-refractivity contribution in [1.82, 2.24) is 9.97 Å². The molecule has 92 valence electrons. The molecule has 1 aliphatic carbocycles. The first-order chi connectivity index (χ1) is 8.74. The fraction of sp³-hybridized carbons (Fsp3) is 0.308. The van der Waals surface area contributed by atoms with Crippen molar-refractivity contribution in [3.05, 3.63) is 30.1 Å². The number of rotatable bonds is 3. The standard InChI is InChI=1S/C13H13N3OS/c1-8-11(10-4-2-3-7-14-10)18-13(15-8)16-12(17)9-5-6-9/h2-4,7,9H,5-6H2,1H3,(H,15,16,17). The highest BCUT2D eigenvalue weighted by molar-refractivity contribution is 7.19. The molecule has 2 heterocycles. The molecule has 0 aromatic carbocycles. The van der Waals surface area contributed by atoms with Gasteiger partial charge in [0.1, 0.15) is 0 Å². The van der Waals surface area contributed by atoms with Crippen molar-refractivity contribution in [3.63, 3.8) is 0 Å². The molecule has 3 rings (SSSR count). The van der Waals surface area contributed by atoms with Crippen molar-refractivity contribution in [2.75, 3.05) is 5.32 Å². The number of hydrogen-bond acceptors (Lipinski definition) is 4. The number of thiazole rings is 1. The third-order valence-electron chi connectivity index (χ3n) is 2.87. The number of nitrogens with one attached hydrogen (secondary N) is 1. The van der Waals surface area contributed by atoms with Gasteiger partial charge < -0.3 is 5.32 Å². The summed E-state index contributed by atoms with van der Waals surface area (Å²) in [6.45, 7) is 1.94. The first-order valence-corrected chi connectivity index (χ1v) is 6.75. The molecule has 0 saturated heterocycles. The van der Waals surface area contributed by atoms with Crippen molar-refractivity contribution in [2.45, 2.75) is 19.8 Å². The molecule has 18 heavy (non-hydrogen) atoms. The predicted octanol–water partition coefficient (Wildman–Crippen LogP) is 2.86. The lowest BCUT2D eigenvalue weighted by atomic mass is 10.3. The number of carbonyl (C=O) groups is 1. The Bertz CT molecular complexity index is 575. The van der Waals surface area contributed by atoms with Gasteiger partial charge in [0.05, 0.1) is 16.3 Å². The van der Waals surface area contributed by atoms with E-state index in [0.717, 1.165) is 29.1 Å². The number of aromatic nitrogens is 2. The van der Waals surface area contributed by atoms with Gasteiger partial charge in [0.25, 0.3) is 0 Å². The second kappa shape index (κ2) is 4.49. The minimum absolute atomic E-state index is 0.0938. The number of carbonyl (C=O) groups excluding carboxylic acids is 1. The Balaban J connectivity index is 1.84. The van der Waals surface area contributed by atoms with Gasteiger partial charge in [-0.25, -0.2) is 4.98 Å². The second-order valence-electron chi connectivity index (χ2n) is 4.41. The van der Waals surface area contributed by atoms with Crippen LogP contribution < -0.4 is 5.32 Å². The number of anilines is 1. The molecule has 2 aromatic heterocycles. The van der Waals surface area contributed by atoms with Crippen LogP contribution in [-0.2, 0) is 4.79 Å². The smallest absolute Gasteiger partial charge is 0.229 e. The monoisotopic (exact) mass is 259 g/mol. The van der Waals surface area contributed by atoms with E-state index in [4.69, 9.17) is 0 Å². The number of pyridine rings is 1. The van der Waals surface area contributed by atoms with Crippen LogP contribution in [0.5, 0.6) is 0 Å². The molecule has 1 fully saturated rings. The molecule has 1 aliphatic rings. The van der Waals surface area contributed by atoms with E-state index in [0.29, 0.717) is 5.13 Å². The second-order valence-corrected chi connectivity index (χ2v) is 5.41. The maximum Gasteiger partial charge on any atom is 0.229 e. The first kappa shape index (κ1) is 11.3. The number of aryl methyl sites for hydroxylation is 1. The zero-order chi connectivity index (χ0) is 12.5. The Morgan fingerprint density at radius 2 is 2.28 bits per heavy atom. The quantitative estimate of drug-likeness (QED) is 0.922. The van der Waals surface area contributed by atoms with Gasteiger partial charge in [0.2, 0.25) is 5.91 Å². The van der Waals surface area contributed by atoms with E-state index in [9.17, 15) is 4.79 Å². The average Bonchev–Trinajstić information content (AvgIpc) is 3.16. The van der Waals surface area contributed by atoms with Crippen LogP contribution in [0.3, 0.4) is 0 Å². The lowest BCUT2D eigenvalue weighted by molar-refractivity contribution is -0.117. The molecular formula is C13H13N3OS. The summed E-state index contributed by atoms with van der Waals surface area (Å²) in [6.07, 6.45) is 3.77. The summed E-state index contributed by atoms with van der Waals surface area (Å²) in [4.78, 5) is 21.4. The van der Waals surface area contributed by atoms with Crippen molar-refractivity contribution in [1.29, 1.82) is 0 Å². The van der Waals surface area contributed by atoms with E-state index in [1.165, 1.54) is 11.3 Å². The number of nitrogens with zero attached hydrogens (tertiary/aromatic N) is 2. The molecule has 4 nitrogen and oxygen atoms in total. The summed E-state index contributed by atoms with van der Waals surface area (Å²) in [5.74, 6) is 0.295. The van der Waals surface area contributed by atoms with E-state index in [2.05, 4.69) is 15.3 Å². The highest BCUT2D eigenvalue weighted by atomic mass is 32.1. The van der Waals surface area contributed by atoms with Gasteiger partial charge in [-0.1, -0.05) is 17.4 Å². The summed E-state index contributed by atoms with van der Waals surface area (Å²) in [5.41, 5.74) is 1.81. The number of hydrogen-bond donors (Lipinski definition) is 1. The van der Waals surface area contributed by atoms with Gasteiger partial charge in [-0.3, -0.25) is 9.78 Å². The third-order valence-corrected chi connectivity index (χ3v) is 3.97. The van der Waals surface area contributed by atoms with E-state index in [1.807, 2.05) is 25.1 Å². The van der Waals surface area contributed by atoms with Gasteiger partial charge in [0, 0.05) is 12.1 Å². The molecule has 2 aromatic rings. The summed E-state index contributed by atoms with van der Waals surface area (Å²) >= 11 is 1.48. The first-order valence-electron chi connectivity index (χ1n) is 5.94. The zero-order valence-corrected chi connectivity index (χ0v) is 10.8. The van der Waals surface area contributed by atoms with Gasteiger partial charge in [-0.15, -0.1) is 0 Å². The molecule has 0 aliphatic heterocycles. The van der Waals surface area contributed by atoms with Crippen LogP contribution in [0.25, 0.3) is 10.6 Å². The van der Waals surface area contributed by atoms with Crippen molar-refractivity contribution < 1.29 is 4.79 Å². The average molecular weight is 259 g/mol. The SMILES string of the molecule is Cc1nc(NC(=O)C2CC2)sc1-c1ccccn1. The molecular weight excluding hydrogens is 246 g/mol. The molecule has 0 spiro atoms. The van der Waals surface area contributed by atoms with E-state index < -0.39 is 0 Å². The van der Waals surface area contributed by atoms with Gasteiger partial charge >= 0.3 is 0 Å². The Hall–Kier alpha value is -1.75. The fourth-order valence-electron chi connectivity index (χ4n) is 1.74. The molecule has 0 unspecified atom stereocenters. The van der Waals surface area contributed by atoms with Crippen molar-refractivity contribution in [2.24, 2.45) is 5.92 Å². The molecule has 5 heteroatoms. The lowest BCUT2D eigenvalue weighted by Gasteiger charge is -1.97. The maximum absolute atomic E-state index is 11.7. The highest BCUT2D eigenvalue weighted by Gasteiger charge is 2.30. The summed E-state index contributed by atoms with van der Waals surface area (Å²) in [6, 6.07) is 5.78. The lowest BCUT2D eigenvalue weighted by Crippen LogP contribution is -2.12. The Kier molecular flexibility index (Phi) is 2.83. The van der Waals surface area contributed by atoms with Crippen LogP contribution in [0.1, 0.15) is 18.5 Å². The van der Waals surface area contributed by atoms with Gasteiger partial charge in [-0.2, -0.15) is 0 Å². The van der Waals surface area contributed by atoms with Crippen LogP contribution >= 0.6 is 11.3 Å². The van der Waals surface area contributed by atoms with Crippen LogP contribution in [0.15, 0.2) is 24.4 Å². The number of amides is 1. The van der Waals surface area contributed by atoms with E-state index in [-0.39, 0.29) is 11.8 Å². The van der Waals surface area contributed by atoms with E-state index >= 15 is 0 Å². The van der Waals surface area contributed by atoms with Crippen molar-refractivity contribution >= 4 is 22.4 Å². The minimum Gasteiger partial charge on any atom is -0.302 e. The topological polar surface area (TPSA) is 54.9 Å². The molecule has 0 radical (unpaired) electrons. The minimum atomic E-state index is 0.0938. The molecule has 1 amide bonds. The summed E-state index contributed by atoms with van der Waals surface area (Å²) in [7, 11) is 0.